The molecular weight excluding hydrogens is 717 g/mol. The Labute approximate surface area is 341 Å². The minimum atomic E-state index is -0.191. The van der Waals surface area contributed by atoms with Gasteiger partial charge in [-0.1, -0.05) is 109 Å². The van der Waals surface area contributed by atoms with Crippen LogP contribution in [-0.4, -0.2) is 13.7 Å². The summed E-state index contributed by atoms with van der Waals surface area (Å²) in [7, 11) is 0. The van der Waals surface area contributed by atoms with Crippen molar-refractivity contribution in [1.29, 1.82) is 0 Å². The van der Waals surface area contributed by atoms with Crippen molar-refractivity contribution in [3.8, 4) is 17.1 Å². The van der Waals surface area contributed by atoms with E-state index in [1.807, 2.05) is 0 Å². The predicted octanol–water partition coefficient (Wildman–Crippen LogP) is 13.8. The fourth-order valence-corrected chi connectivity index (χ4v) is 10.7. The summed E-state index contributed by atoms with van der Waals surface area (Å²) in [6.07, 6.45) is 3.40. The molecule has 8 aromatic carbocycles. The first-order valence-corrected chi connectivity index (χ1v) is 20.6. The summed E-state index contributed by atoms with van der Waals surface area (Å²) in [5, 5.41) is 6.37. The van der Waals surface area contributed by atoms with Crippen molar-refractivity contribution < 1.29 is 0 Å². The minimum absolute atomic E-state index is 0.191. The predicted molar refractivity (Wildman–Crippen MR) is 246 cm³/mol. The van der Waals surface area contributed by atoms with Crippen LogP contribution < -0.4 is 4.90 Å². The van der Waals surface area contributed by atoms with E-state index in [2.05, 4.69) is 226 Å². The highest BCUT2D eigenvalue weighted by Gasteiger charge is 2.47. The van der Waals surface area contributed by atoms with Crippen LogP contribution in [0.5, 0.6) is 0 Å². The lowest BCUT2D eigenvalue weighted by molar-refractivity contribution is 0.567. The molecule has 0 bridgehead atoms. The van der Waals surface area contributed by atoms with Crippen molar-refractivity contribution in [3.05, 3.63) is 217 Å². The fraction of sp³-hybridized carbons (Fsp3) is 0.0545. The molecule has 0 radical (unpaired) electrons. The second-order valence-corrected chi connectivity index (χ2v) is 16.4. The van der Waals surface area contributed by atoms with Gasteiger partial charge in [-0.2, -0.15) is 0 Å². The number of aromatic nitrogens is 3. The highest BCUT2D eigenvalue weighted by Crippen LogP contribution is 2.56. The van der Waals surface area contributed by atoms with Crippen molar-refractivity contribution in [2.24, 2.45) is 0 Å². The largest absolute Gasteiger partial charge is 0.313 e. The molecule has 1 aliphatic heterocycles. The van der Waals surface area contributed by atoms with Crippen LogP contribution in [0.2, 0.25) is 0 Å². The summed E-state index contributed by atoms with van der Waals surface area (Å²) in [6, 6.07) is 71.2. The molecule has 0 saturated carbocycles. The molecule has 1 unspecified atom stereocenters. The summed E-state index contributed by atoms with van der Waals surface area (Å²) in [5.74, 6) is 0. The molecule has 0 spiro atoms. The van der Waals surface area contributed by atoms with Gasteiger partial charge >= 0.3 is 0 Å². The Morgan fingerprint density at radius 2 is 0.864 bits per heavy atom. The van der Waals surface area contributed by atoms with Crippen LogP contribution in [0, 0.1) is 0 Å². The third-order valence-electron chi connectivity index (χ3n) is 13.2. The van der Waals surface area contributed by atoms with Crippen LogP contribution in [0.4, 0.5) is 11.4 Å². The molecule has 278 valence electrons. The summed E-state index contributed by atoms with van der Waals surface area (Å²) >= 11 is 0. The lowest BCUT2D eigenvalue weighted by atomic mass is 9.73. The number of para-hydroxylation sites is 6. The Morgan fingerprint density at radius 3 is 1.49 bits per heavy atom. The maximum Gasteiger partial charge on any atom is 0.0562 e. The zero-order valence-corrected chi connectivity index (χ0v) is 32.5. The zero-order valence-electron chi connectivity index (χ0n) is 32.5. The van der Waals surface area contributed by atoms with Gasteiger partial charge in [-0.25, -0.2) is 0 Å². The van der Waals surface area contributed by atoms with Gasteiger partial charge in [-0.3, -0.25) is 0 Å². The lowest BCUT2D eigenvalue weighted by Crippen LogP contribution is -2.31. The maximum atomic E-state index is 2.52. The molecule has 1 aliphatic carbocycles. The molecule has 0 saturated heterocycles. The molecular formula is C55H38N4. The lowest BCUT2D eigenvalue weighted by Gasteiger charge is -2.34. The van der Waals surface area contributed by atoms with Crippen LogP contribution in [0.15, 0.2) is 200 Å². The molecule has 0 fully saturated rings. The van der Waals surface area contributed by atoms with E-state index in [0.29, 0.717) is 0 Å². The molecule has 13 rings (SSSR count). The van der Waals surface area contributed by atoms with E-state index in [4.69, 9.17) is 0 Å². The first-order valence-electron chi connectivity index (χ1n) is 20.6. The Bertz CT molecular complexity index is 3530. The zero-order chi connectivity index (χ0) is 38.8. The summed E-state index contributed by atoms with van der Waals surface area (Å²) in [4.78, 5) is 2.52. The van der Waals surface area contributed by atoms with Gasteiger partial charge in [-0.15, -0.1) is 0 Å². The van der Waals surface area contributed by atoms with E-state index in [0.717, 1.165) is 23.5 Å². The SMILES string of the molecule is CC12Cc3c(n(-c4ccccc4)c4ccccc34)C=C1N(c1ccc(-n3c4ccccc4c4cc5c6ccccc6n(-c6ccccc6)c5cc43)cc1)c1ccccc12. The van der Waals surface area contributed by atoms with Crippen molar-refractivity contribution in [1.82, 2.24) is 13.7 Å². The van der Waals surface area contributed by atoms with Gasteiger partial charge in [0.05, 0.1) is 33.3 Å². The normalized spacial score (nSPS) is 15.9. The maximum absolute atomic E-state index is 2.52. The van der Waals surface area contributed by atoms with E-state index < -0.39 is 0 Å². The van der Waals surface area contributed by atoms with Gasteiger partial charge in [0.1, 0.15) is 0 Å². The molecule has 4 nitrogen and oxygen atoms in total. The van der Waals surface area contributed by atoms with Crippen LogP contribution >= 0.6 is 0 Å². The molecule has 59 heavy (non-hydrogen) atoms. The summed E-state index contributed by atoms with van der Waals surface area (Å²) in [6.45, 7) is 2.44. The van der Waals surface area contributed by atoms with E-state index in [1.54, 1.807) is 0 Å². The molecule has 0 amide bonds. The van der Waals surface area contributed by atoms with Crippen molar-refractivity contribution >= 4 is 72.0 Å². The number of nitrogens with zero attached hydrogens (tertiary/aromatic N) is 4. The Morgan fingerprint density at radius 1 is 0.390 bits per heavy atom. The number of fused-ring (bicyclic) bond motifs is 12. The average molecular weight is 755 g/mol. The Balaban J connectivity index is 1.00. The third kappa shape index (κ3) is 4.43. The van der Waals surface area contributed by atoms with Gasteiger partial charge in [-0.05, 0) is 115 Å². The topological polar surface area (TPSA) is 18.0 Å². The van der Waals surface area contributed by atoms with Gasteiger partial charge in [0.2, 0.25) is 0 Å². The second kappa shape index (κ2) is 12.0. The van der Waals surface area contributed by atoms with Crippen LogP contribution in [0.25, 0.3) is 77.7 Å². The molecule has 0 N–H and O–H groups in total. The van der Waals surface area contributed by atoms with E-state index >= 15 is 0 Å². The molecule has 11 aromatic rings. The Hall–Kier alpha value is -7.56. The van der Waals surface area contributed by atoms with Crippen molar-refractivity contribution in [2.45, 2.75) is 18.8 Å². The third-order valence-corrected chi connectivity index (χ3v) is 13.2. The fourth-order valence-electron chi connectivity index (χ4n) is 10.7. The van der Waals surface area contributed by atoms with Crippen LogP contribution in [0.3, 0.4) is 0 Å². The number of anilines is 2. The van der Waals surface area contributed by atoms with Gasteiger partial charge < -0.3 is 18.6 Å². The first kappa shape index (κ1) is 32.5. The van der Waals surface area contributed by atoms with Crippen molar-refractivity contribution in [2.75, 3.05) is 4.90 Å². The highest BCUT2D eigenvalue weighted by molar-refractivity contribution is 6.19. The summed E-state index contributed by atoms with van der Waals surface area (Å²) in [5.41, 5.74) is 17.1. The van der Waals surface area contributed by atoms with E-state index in [9.17, 15) is 0 Å². The average Bonchev–Trinajstić information content (AvgIpc) is 3.98. The first-order chi connectivity index (χ1) is 29.2. The van der Waals surface area contributed by atoms with E-state index in [1.165, 1.54) is 88.4 Å². The highest BCUT2D eigenvalue weighted by atomic mass is 15.2. The van der Waals surface area contributed by atoms with Crippen LogP contribution in [0.1, 0.15) is 23.7 Å². The number of rotatable bonds is 4. The summed E-state index contributed by atoms with van der Waals surface area (Å²) < 4.78 is 7.32. The number of hydrogen-bond acceptors (Lipinski definition) is 1. The number of allylic oxidation sites excluding steroid dienone is 1. The van der Waals surface area contributed by atoms with Gasteiger partial charge in [0.25, 0.3) is 0 Å². The van der Waals surface area contributed by atoms with Crippen molar-refractivity contribution in [3.63, 3.8) is 0 Å². The second-order valence-electron chi connectivity index (χ2n) is 16.4. The molecule has 2 aliphatic rings. The number of benzene rings is 8. The molecule has 4 heterocycles. The molecule has 3 aromatic heterocycles. The smallest absolute Gasteiger partial charge is 0.0562 e. The Kier molecular flexibility index (Phi) is 6.60. The quantitative estimate of drug-likeness (QED) is 0.175. The van der Waals surface area contributed by atoms with E-state index in [-0.39, 0.29) is 5.41 Å². The molecule has 1 atom stereocenters. The van der Waals surface area contributed by atoms with Crippen LogP contribution in [-0.2, 0) is 11.8 Å². The standard InChI is InChI=1S/C55H38N4/c1-55-35-45-42-22-10-14-26-49(42)57(37-18-6-3-7-19-37)53(45)34-54(55)59(50-27-15-11-23-46(50)55)39-30-28-38(29-31-39)58-48-25-13-9-21-41(48)44-32-43-40-20-8-12-24-47(40)56(51(43)33-52(44)58)36-16-4-2-5-17-36/h2-34H,35H2,1H3. The molecule has 4 heteroatoms. The minimum Gasteiger partial charge on any atom is -0.313 e. The number of hydrogen-bond donors (Lipinski definition) is 0. The van der Waals surface area contributed by atoms with Gasteiger partial charge in [0, 0.05) is 66.5 Å². The monoisotopic (exact) mass is 754 g/mol. The van der Waals surface area contributed by atoms with Gasteiger partial charge in [0.15, 0.2) is 0 Å².